The standard InChI is InChI=1S/C26H44O5/c1-4-7-9-10-11-13-17-22-21(23(27)20-25(22)31-19-8-5-2)16-14-12-15-18-24(26(28)29)30-6-3/h12-14,17,21-22,24-25H,4-11,15-16,18-20H2,1-3H3,(H,28,29)/b14-12-,17-13+/t21-,22-,24?,25-/m1/s1. The van der Waals surface area contributed by atoms with E-state index in [0.717, 1.165) is 19.3 Å². The molecule has 0 saturated heterocycles. The molecule has 0 amide bonds. The molecule has 178 valence electrons. The molecule has 0 aromatic rings. The van der Waals surface area contributed by atoms with Gasteiger partial charge in [0.15, 0.2) is 6.10 Å². The molecule has 4 atom stereocenters. The van der Waals surface area contributed by atoms with E-state index in [1.54, 1.807) is 6.92 Å². The van der Waals surface area contributed by atoms with Crippen LogP contribution < -0.4 is 0 Å². The van der Waals surface area contributed by atoms with Crippen LogP contribution in [0.25, 0.3) is 0 Å². The molecule has 5 nitrogen and oxygen atoms in total. The highest BCUT2D eigenvalue weighted by atomic mass is 16.5. The average Bonchev–Trinajstić information content (AvgIpc) is 3.04. The van der Waals surface area contributed by atoms with E-state index in [0.29, 0.717) is 38.9 Å². The number of ketones is 1. The van der Waals surface area contributed by atoms with Gasteiger partial charge in [0.05, 0.1) is 6.10 Å². The van der Waals surface area contributed by atoms with E-state index in [-0.39, 0.29) is 23.7 Å². The second kappa shape index (κ2) is 17.1. The van der Waals surface area contributed by atoms with Crippen molar-refractivity contribution >= 4 is 11.8 Å². The van der Waals surface area contributed by atoms with E-state index in [1.165, 1.54) is 25.7 Å². The highest BCUT2D eigenvalue weighted by Crippen LogP contribution is 2.35. The number of carbonyl (C=O) groups excluding carboxylic acids is 1. The van der Waals surface area contributed by atoms with Crippen molar-refractivity contribution in [1.29, 1.82) is 0 Å². The zero-order valence-corrected chi connectivity index (χ0v) is 19.9. The Morgan fingerprint density at radius 3 is 2.52 bits per heavy atom. The Balaban J connectivity index is 2.62. The molecule has 1 rings (SSSR count). The summed E-state index contributed by atoms with van der Waals surface area (Å²) in [7, 11) is 0. The van der Waals surface area contributed by atoms with E-state index >= 15 is 0 Å². The maximum Gasteiger partial charge on any atom is 0.332 e. The van der Waals surface area contributed by atoms with Gasteiger partial charge in [-0.15, -0.1) is 0 Å². The Hall–Kier alpha value is -1.46. The molecule has 0 heterocycles. The highest BCUT2D eigenvalue weighted by molar-refractivity contribution is 5.85. The zero-order valence-electron chi connectivity index (χ0n) is 19.9. The molecule has 0 spiro atoms. The van der Waals surface area contributed by atoms with Crippen molar-refractivity contribution in [3.8, 4) is 0 Å². The summed E-state index contributed by atoms with van der Waals surface area (Å²) in [6.07, 6.45) is 18.1. The summed E-state index contributed by atoms with van der Waals surface area (Å²) in [4.78, 5) is 23.9. The van der Waals surface area contributed by atoms with Gasteiger partial charge in [0.1, 0.15) is 5.78 Å². The fourth-order valence-corrected chi connectivity index (χ4v) is 4.09. The first-order valence-electron chi connectivity index (χ1n) is 12.3. The first kappa shape index (κ1) is 27.6. The van der Waals surface area contributed by atoms with Crippen LogP contribution in [0.3, 0.4) is 0 Å². The number of rotatable bonds is 18. The van der Waals surface area contributed by atoms with Gasteiger partial charge >= 0.3 is 5.97 Å². The minimum atomic E-state index is -0.919. The van der Waals surface area contributed by atoms with Crippen molar-refractivity contribution in [1.82, 2.24) is 0 Å². The van der Waals surface area contributed by atoms with E-state index in [9.17, 15) is 9.59 Å². The molecule has 0 bridgehead atoms. The lowest BCUT2D eigenvalue weighted by Crippen LogP contribution is -2.23. The third kappa shape index (κ3) is 11.1. The summed E-state index contributed by atoms with van der Waals surface area (Å²) in [6.45, 7) is 7.27. The van der Waals surface area contributed by atoms with Crippen LogP contribution in [0.5, 0.6) is 0 Å². The highest BCUT2D eigenvalue weighted by Gasteiger charge is 2.40. The second-order valence-corrected chi connectivity index (χ2v) is 8.46. The average molecular weight is 437 g/mol. The maximum absolute atomic E-state index is 12.7. The number of unbranched alkanes of at least 4 members (excludes halogenated alkanes) is 5. The molecule has 1 aliphatic carbocycles. The van der Waals surface area contributed by atoms with Crippen LogP contribution in [0.15, 0.2) is 24.3 Å². The molecular weight excluding hydrogens is 392 g/mol. The Morgan fingerprint density at radius 2 is 1.84 bits per heavy atom. The van der Waals surface area contributed by atoms with E-state index in [4.69, 9.17) is 14.6 Å². The molecule has 1 N–H and O–H groups in total. The molecule has 0 aromatic carbocycles. The summed E-state index contributed by atoms with van der Waals surface area (Å²) >= 11 is 0. The summed E-state index contributed by atoms with van der Waals surface area (Å²) in [5.41, 5.74) is 0. The number of carbonyl (C=O) groups is 2. The monoisotopic (exact) mass is 436 g/mol. The molecule has 1 fully saturated rings. The number of aliphatic carboxylic acids is 1. The molecule has 1 saturated carbocycles. The van der Waals surface area contributed by atoms with Gasteiger partial charge in [-0.05, 0) is 45.4 Å². The summed E-state index contributed by atoms with van der Waals surface area (Å²) in [5, 5.41) is 9.16. The SMILES string of the molecule is CCCCCC/C=C/[C@H]1[C@H](OCCCC)CC(=O)[C@@H]1C/C=C\CCC(OCC)C(=O)O. The molecule has 1 aliphatic rings. The largest absolute Gasteiger partial charge is 0.479 e. The lowest BCUT2D eigenvalue weighted by Gasteiger charge is -2.20. The molecule has 1 unspecified atom stereocenters. The first-order chi connectivity index (χ1) is 15.0. The number of hydrogen-bond donors (Lipinski definition) is 1. The Morgan fingerprint density at radius 1 is 1.06 bits per heavy atom. The molecule has 5 heteroatoms. The van der Waals surface area contributed by atoms with Gasteiger partial charge in [-0.3, -0.25) is 4.79 Å². The van der Waals surface area contributed by atoms with E-state index < -0.39 is 12.1 Å². The van der Waals surface area contributed by atoms with Crippen molar-refractivity contribution in [3.05, 3.63) is 24.3 Å². The number of Topliss-reactive ketones (excluding diaryl/α,β-unsaturated/α-hetero) is 1. The fourth-order valence-electron chi connectivity index (χ4n) is 4.09. The van der Waals surface area contributed by atoms with Crippen LogP contribution >= 0.6 is 0 Å². The number of carboxylic acid groups (broad SMARTS) is 1. The maximum atomic E-state index is 12.7. The van der Waals surface area contributed by atoms with Crippen molar-refractivity contribution < 1.29 is 24.2 Å². The van der Waals surface area contributed by atoms with Crippen molar-refractivity contribution in [2.24, 2.45) is 11.8 Å². The molecular formula is C26H44O5. The van der Waals surface area contributed by atoms with E-state index in [2.05, 4.69) is 26.0 Å². The number of ether oxygens (including phenoxy) is 2. The number of hydrogen-bond acceptors (Lipinski definition) is 4. The van der Waals surface area contributed by atoms with Crippen LogP contribution in [-0.2, 0) is 19.1 Å². The molecule has 31 heavy (non-hydrogen) atoms. The minimum absolute atomic E-state index is 0.0151. The summed E-state index contributed by atoms with van der Waals surface area (Å²) in [6, 6.07) is 0. The normalized spacial score (nSPS) is 22.7. The van der Waals surface area contributed by atoms with Gasteiger partial charge < -0.3 is 14.6 Å². The predicted molar refractivity (Wildman–Crippen MR) is 125 cm³/mol. The first-order valence-corrected chi connectivity index (χ1v) is 12.3. The third-order valence-electron chi connectivity index (χ3n) is 5.92. The van der Waals surface area contributed by atoms with Gasteiger partial charge in [0.2, 0.25) is 0 Å². The summed E-state index contributed by atoms with van der Waals surface area (Å²) < 4.78 is 11.3. The van der Waals surface area contributed by atoms with Crippen LogP contribution in [0.2, 0.25) is 0 Å². The van der Waals surface area contributed by atoms with Gasteiger partial charge in [-0.2, -0.15) is 0 Å². The van der Waals surface area contributed by atoms with Gasteiger partial charge in [-0.25, -0.2) is 4.79 Å². The van der Waals surface area contributed by atoms with Crippen molar-refractivity contribution in [3.63, 3.8) is 0 Å². The van der Waals surface area contributed by atoms with Gasteiger partial charge in [0, 0.05) is 31.5 Å². The smallest absolute Gasteiger partial charge is 0.332 e. The van der Waals surface area contributed by atoms with E-state index in [1.807, 2.05) is 12.2 Å². The third-order valence-corrected chi connectivity index (χ3v) is 5.92. The zero-order chi connectivity index (χ0) is 22.9. The van der Waals surface area contributed by atoms with Crippen molar-refractivity contribution in [2.45, 2.75) is 104 Å². The Bertz CT molecular complexity index is 554. The lowest BCUT2D eigenvalue weighted by molar-refractivity contribution is -0.150. The molecule has 0 aliphatic heterocycles. The van der Waals surface area contributed by atoms with Crippen LogP contribution in [0.1, 0.15) is 91.4 Å². The Kier molecular flexibility index (Phi) is 15.2. The topological polar surface area (TPSA) is 72.8 Å². The lowest BCUT2D eigenvalue weighted by atomic mass is 9.90. The molecule has 0 radical (unpaired) electrons. The second-order valence-electron chi connectivity index (χ2n) is 8.46. The summed E-state index contributed by atoms with van der Waals surface area (Å²) in [5.74, 6) is -0.547. The van der Waals surface area contributed by atoms with Crippen LogP contribution in [0, 0.1) is 11.8 Å². The number of allylic oxidation sites excluding steroid dienone is 3. The predicted octanol–water partition coefficient (Wildman–Crippen LogP) is 6.12. The minimum Gasteiger partial charge on any atom is -0.479 e. The number of carboxylic acids is 1. The quantitative estimate of drug-likeness (QED) is 0.207. The van der Waals surface area contributed by atoms with Crippen LogP contribution in [0.4, 0.5) is 0 Å². The van der Waals surface area contributed by atoms with Crippen molar-refractivity contribution in [2.75, 3.05) is 13.2 Å². The Labute approximate surface area is 189 Å². The molecule has 0 aromatic heterocycles. The fraction of sp³-hybridized carbons (Fsp3) is 0.769. The van der Waals surface area contributed by atoms with Crippen LogP contribution in [-0.4, -0.2) is 42.3 Å². The van der Waals surface area contributed by atoms with Gasteiger partial charge in [0.25, 0.3) is 0 Å². The van der Waals surface area contributed by atoms with Gasteiger partial charge in [-0.1, -0.05) is 63.8 Å².